The molecular formula is C11H17ClN2O. The van der Waals surface area contributed by atoms with Gasteiger partial charge < -0.3 is 9.74 Å². The number of rotatable bonds is 5. The van der Waals surface area contributed by atoms with Crippen LogP contribution in [0.5, 0.6) is 0 Å². The monoisotopic (exact) mass is 228 g/mol. The van der Waals surface area contributed by atoms with Gasteiger partial charge in [0.15, 0.2) is 0 Å². The molecule has 84 valence electrons. The number of benzene rings is 1. The lowest BCUT2D eigenvalue weighted by atomic mass is 10.1. The number of nitrogens with two attached hydrogens (primary N) is 1. The van der Waals surface area contributed by atoms with Crippen LogP contribution in [0.2, 0.25) is 5.02 Å². The zero-order valence-electron chi connectivity index (χ0n) is 9.16. The molecule has 4 heteroatoms. The van der Waals surface area contributed by atoms with Gasteiger partial charge in [0, 0.05) is 11.6 Å². The molecule has 3 nitrogen and oxygen atoms in total. The number of hydrogen-bond acceptors (Lipinski definition) is 3. The molecule has 0 amide bonds. The molecule has 0 heterocycles. The second-order valence-corrected chi connectivity index (χ2v) is 4.19. The van der Waals surface area contributed by atoms with E-state index in [0.717, 1.165) is 29.1 Å². The summed E-state index contributed by atoms with van der Waals surface area (Å²) in [4.78, 5) is 6.62. The van der Waals surface area contributed by atoms with Crippen molar-refractivity contribution < 1.29 is 4.84 Å². The van der Waals surface area contributed by atoms with Gasteiger partial charge in [-0.1, -0.05) is 23.7 Å². The summed E-state index contributed by atoms with van der Waals surface area (Å²) in [5.41, 5.74) is 2.28. The SMILES string of the molecule is CN(C)Cc1ccc(CCON)cc1Cl. The van der Waals surface area contributed by atoms with E-state index in [1.165, 1.54) is 0 Å². The van der Waals surface area contributed by atoms with Crippen LogP contribution in [-0.4, -0.2) is 25.6 Å². The summed E-state index contributed by atoms with van der Waals surface area (Å²) in [6.07, 6.45) is 0.790. The number of halogens is 1. The van der Waals surface area contributed by atoms with Crippen molar-refractivity contribution in [3.05, 3.63) is 34.3 Å². The standard InChI is InChI=1S/C11H17ClN2O/c1-14(2)8-10-4-3-9(5-6-15-13)7-11(10)12/h3-4,7H,5-6,8,13H2,1-2H3. The highest BCUT2D eigenvalue weighted by molar-refractivity contribution is 6.31. The lowest BCUT2D eigenvalue weighted by molar-refractivity contribution is 0.141. The Hall–Kier alpha value is -0.610. The topological polar surface area (TPSA) is 38.5 Å². The Labute approximate surface area is 95.7 Å². The van der Waals surface area contributed by atoms with Gasteiger partial charge in [-0.15, -0.1) is 0 Å². The molecule has 0 saturated carbocycles. The first-order valence-corrected chi connectivity index (χ1v) is 5.25. The van der Waals surface area contributed by atoms with Gasteiger partial charge in [-0.25, -0.2) is 5.90 Å². The minimum atomic E-state index is 0.517. The maximum Gasteiger partial charge on any atom is 0.0719 e. The third-order valence-electron chi connectivity index (χ3n) is 2.11. The Morgan fingerprint density at radius 3 is 2.67 bits per heavy atom. The Kier molecular flexibility index (Phi) is 5.05. The molecule has 0 atom stereocenters. The fraction of sp³-hybridized carbons (Fsp3) is 0.455. The number of hydrogen-bond donors (Lipinski definition) is 1. The van der Waals surface area contributed by atoms with Crippen LogP contribution < -0.4 is 5.90 Å². The fourth-order valence-electron chi connectivity index (χ4n) is 1.39. The Morgan fingerprint density at radius 2 is 2.13 bits per heavy atom. The first-order valence-electron chi connectivity index (χ1n) is 4.87. The molecule has 0 fully saturated rings. The molecular weight excluding hydrogens is 212 g/mol. The molecule has 0 radical (unpaired) electrons. The van der Waals surface area contributed by atoms with E-state index in [0.29, 0.717) is 6.61 Å². The van der Waals surface area contributed by atoms with Crippen molar-refractivity contribution in [1.29, 1.82) is 0 Å². The minimum Gasteiger partial charge on any atom is -0.305 e. The molecule has 0 aliphatic rings. The van der Waals surface area contributed by atoms with Gasteiger partial charge in [0.2, 0.25) is 0 Å². The van der Waals surface area contributed by atoms with E-state index in [1.54, 1.807) is 0 Å². The summed E-state index contributed by atoms with van der Waals surface area (Å²) in [6, 6.07) is 6.08. The van der Waals surface area contributed by atoms with Crippen LogP contribution in [0, 0.1) is 0 Å². The third kappa shape index (κ3) is 4.18. The van der Waals surface area contributed by atoms with Crippen molar-refractivity contribution in [2.24, 2.45) is 5.90 Å². The Balaban J connectivity index is 2.70. The molecule has 1 aromatic carbocycles. The molecule has 0 bridgehead atoms. The highest BCUT2D eigenvalue weighted by Gasteiger charge is 2.03. The smallest absolute Gasteiger partial charge is 0.0719 e. The van der Waals surface area contributed by atoms with Crippen LogP contribution in [-0.2, 0) is 17.8 Å². The van der Waals surface area contributed by atoms with E-state index in [1.807, 2.05) is 26.2 Å². The molecule has 15 heavy (non-hydrogen) atoms. The van der Waals surface area contributed by atoms with Gasteiger partial charge in [-0.05, 0) is 37.7 Å². The molecule has 2 N–H and O–H groups in total. The van der Waals surface area contributed by atoms with Crippen molar-refractivity contribution in [2.45, 2.75) is 13.0 Å². The van der Waals surface area contributed by atoms with Crippen LogP contribution in [0.3, 0.4) is 0 Å². The summed E-state index contributed by atoms with van der Waals surface area (Å²) in [5, 5.41) is 0.804. The van der Waals surface area contributed by atoms with Crippen molar-refractivity contribution in [3.8, 4) is 0 Å². The second-order valence-electron chi connectivity index (χ2n) is 3.78. The van der Waals surface area contributed by atoms with Crippen LogP contribution in [0.4, 0.5) is 0 Å². The van der Waals surface area contributed by atoms with Gasteiger partial charge in [0.25, 0.3) is 0 Å². The Bertz CT molecular complexity index is 315. The average molecular weight is 229 g/mol. The van der Waals surface area contributed by atoms with Crippen LogP contribution in [0.1, 0.15) is 11.1 Å². The summed E-state index contributed by atoms with van der Waals surface area (Å²) >= 11 is 6.15. The molecule has 0 saturated heterocycles. The molecule has 0 unspecified atom stereocenters. The van der Waals surface area contributed by atoms with E-state index >= 15 is 0 Å². The van der Waals surface area contributed by atoms with Crippen molar-refractivity contribution in [1.82, 2.24) is 4.90 Å². The van der Waals surface area contributed by atoms with Gasteiger partial charge in [0.05, 0.1) is 6.61 Å². The summed E-state index contributed by atoms with van der Waals surface area (Å²) in [6.45, 7) is 1.37. The van der Waals surface area contributed by atoms with Gasteiger partial charge in [0.1, 0.15) is 0 Å². The second kappa shape index (κ2) is 6.08. The maximum atomic E-state index is 6.15. The first-order chi connectivity index (χ1) is 7.13. The molecule has 0 aliphatic carbocycles. The van der Waals surface area contributed by atoms with Gasteiger partial charge in [-0.2, -0.15) is 0 Å². The molecule has 0 aromatic heterocycles. The highest BCUT2D eigenvalue weighted by atomic mass is 35.5. The van der Waals surface area contributed by atoms with Crippen LogP contribution >= 0.6 is 11.6 Å². The third-order valence-corrected chi connectivity index (χ3v) is 2.46. The van der Waals surface area contributed by atoms with Crippen LogP contribution in [0.25, 0.3) is 0 Å². The Morgan fingerprint density at radius 1 is 1.40 bits per heavy atom. The zero-order valence-corrected chi connectivity index (χ0v) is 9.92. The summed E-state index contributed by atoms with van der Waals surface area (Å²) < 4.78 is 0. The zero-order chi connectivity index (χ0) is 11.3. The first kappa shape index (κ1) is 12.5. The highest BCUT2D eigenvalue weighted by Crippen LogP contribution is 2.19. The van der Waals surface area contributed by atoms with Crippen LogP contribution in [0.15, 0.2) is 18.2 Å². The lowest BCUT2D eigenvalue weighted by Gasteiger charge is -2.12. The van der Waals surface area contributed by atoms with E-state index in [2.05, 4.69) is 15.8 Å². The molecule has 0 spiro atoms. The quantitative estimate of drug-likeness (QED) is 0.782. The molecule has 1 rings (SSSR count). The van der Waals surface area contributed by atoms with Gasteiger partial charge >= 0.3 is 0 Å². The van der Waals surface area contributed by atoms with Gasteiger partial charge in [-0.3, -0.25) is 0 Å². The predicted molar refractivity (Wildman–Crippen MR) is 62.7 cm³/mol. The van der Waals surface area contributed by atoms with Crippen molar-refractivity contribution in [2.75, 3.05) is 20.7 Å². The lowest BCUT2D eigenvalue weighted by Crippen LogP contribution is -2.11. The van der Waals surface area contributed by atoms with E-state index in [9.17, 15) is 0 Å². The molecule has 0 aliphatic heterocycles. The largest absolute Gasteiger partial charge is 0.305 e. The average Bonchev–Trinajstić information content (AvgIpc) is 2.18. The minimum absolute atomic E-state index is 0.517. The van der Waals surface area contributed by atoms with E-state index in [-0.39, 0.29) is 0 Å². The van der Waals surface area contributed by atoms with Crippen molar-refractivity contribution >= 4 is 11.6 Å². The summed E-state index contributed by atoms with van der Waals surface area (Å²) in [7, 11) is 4.04. The van der Waals surface area contributed by atoms with E-state index in [4.69, 9.17) is 17.5 Å². The predicted octanol–water partition coefficient (Wildman–Crippen LogP) is 1.83. The molecule has 1 aromatic rings. The maximum absolute atomic E-state index is 6.15. The van der Waals surface area contributed by atoms with E-state index < -0.39 is 0 Å². The van der Waals surface area contributed by atoms with Crippen molar-refractivity contribution in [3.63, 3.8) is 0 Å². The number of nitrogens with zero attached hydrogens (tertiary/aromatic N) is 1. The summed E-state index contributed by atoms with van der Waals surface area (Å²) in [5.74, 6) is 4.97. The fourth-order valence-corrected chi connectivity index (χ4v) is 1.65. The normalized spacial score (nSPS) is 11.0.